The van der Waals surface area contributed by atoms with Crippen molar-refractivity contribution >= 4 is 11.8 Å². The van der Waals surface area contributed by atoms with Crippen LogP contribution in [0.25, 0.3) is 0 Å². The first-order valence-electron chi connectivity index (χ1n) is 6.54. The van der Waals surface area contributed by atoms with Gasteiger partial charge in [0.15, 0.2) is 5.82 Å². The normalized spacial score (nSPS) is 17.5. The second-order valence-corrected chi connectivity index (χ2v) is 5.06. The molecule has 5 nitrogen and oxygen atoms in total. The molecule has 19 heavy (non-hydrogen) atoms. The zero-order valence-electron chi connectivity index (χ0n) is 10.7. The van der Waals surface area contributed by atoms with E-state index in [1.807, 2.05) is 18.2 Å². The van der Waals surface area contributed by atoms with Crippen molar-refractivity contribution in [3.8, 4) is 0 Å². The van der Waals surface area contributed by atoms with E-state index >= 15 is 0 Å². The molecule has 2 aromatic rings. The number of nitrogens with zero attached hydrogens (tertiary/aromatic N) is 3. The van der Waals surface area contributed by atoms with Crippen molar-refractivity contribution in [1.82, 2.24) is 15.2 Å². The molecule has 3 rings (SSSR count). The summed E-state index contributed by atoms with van der Waals surface area (Å²) in [6.07, 6.45) is 4.39. The van der Waals surface area contributed by atoms with Gasteiger partial charge in [-0.25, -0.2) is 0 Å². The van der Waals surface area contributed by atoms with Crippen molar-refractivity contribution in [2.45, 2.75) is 31.1 Å². The molecule has 1 aromatic heterocycles. The van der Waals surface area contributed by atoms with Crippen molar-refractivity contribution in [2.24, 2.45) is 0 Å². The van der Waals surface area contributed by atoms with Crippen LogP contribution in [0.4, 0.5) is 11.8 Å². The molecule has 1 fully saturated rings. The molecule has 1 aromatic carbocycles. The molecule has 5 heteroatoms. The summed E-state index contributed by atoms with van der Waals surface area (Å²) in [5, 5.41) is 8.14. The highest BCUT2D eigenvalue weighted by atomic mass is 15.2. The third-order valence-electron chi connectivity index (χ3n) is 3.97. The Labute approximate surface area is 112 Å². The zero-order valence-corrected chi connectivity index (χ0v) is 10.7. The van der Waals surface area contributed by atoms with Gasteiger partial charge in [-0.3, -0.25) is 0 Å². The Hall–Kier alpha value is -2.17. The topological polar surface area (TPSA) is 90.7 Å². The van der Waals surface area contributed by atoms with Crippen LogP contribution in [-0.2, 0) is 5.41 Å². The van der Waals surface area contributed by atoms with E-state index in [4.69, 9.17) is 11.5 Å². The Morgan fingerprint density at radius 2 is 1.63 bits per heavy atom. The highest BCUT2D eigenvalue weighted by Gasteiger charge is 2.40. The molecule has 4 N–H and O–H groups in total. The maximum absolute atomic E-state index is 6.03. The van der Waals surface area contributed by atoms with Crippen LogP contribution in [0.1, 0.15) is 36.9 Å². The number of aromatic nitrogens is 3. The molecule has 1 heterocycles. The van der Waals surface area contributed by atoms with E-state index in [1.54, 1.807) is 0 Å². The first-order chi connectivity index (χ1) is 9.22. The highest BCUT2D eigenvalue weighted by Crippen LogP contribution is 2.46. The second kappa shape index (κ2) is 4.50. The minimum Gasteiger partial charge on any atom is -0.382 e. The van der Waals surface area contributed by atoms with Crippen molar-refractivity contribution < 1.29 is 0 Å². The van der Waals surface area contributed by atoms with Gasteiger partial charge in [0.25, 0.3) is 0 Å². The predicted octanol–water partition coefficient (Wildman–Crippen LogP) is 1.90. The Balaban J connectivity index is 2.16. The van der Waals surface area contributed by atoms with Crippen molar-refractivity contribution in [1.29, 1.82) is 0 Å². The van der Waals surface area contributed by atoms with E-state index in [1.165, 1.54) is 18.4 Å². The van der Waals surface area contributed by atoms with Gasteiger partial charge in [-0.15, -0.1) is 10.2 Å². The number of benzene rings is 1. The number of hydrogen-bond donors (Lipinski definition) is 2. The fraction of sp³-hybridized carbons (Fsp3) is 0.357. The maximum Gasteiger partial charge on any atom is 0.242 e. The maximum atomic E-state index is 6.03. The van der Waals surface area contributed by atoms with Gasteiger partial charge in [-0.05, 0) is 18.4 Å². The lowest BCUT2D eigenvalue weighted by molar-refractivity contribution is 0.510. The largest absolute Gasteiger partial charge is 0.382 e. The molecule has 0 radical (unpaired) electrons. The lowest BCUT2D eigenvalue weighted by Crippen LogP contribution is -2.28. The Morgan fingerprint density at radius 3 is 2.26 bits per heavy atom. The zero-order chi connectivity index (χ0) is 13.3. The molecule has 0 amide bonds. The monoisotopic (exact) mass is 255 g/mol. The number of rotatable bonds is 2. The fourth-order valence-corrected chi connectivity index (χ4v) is 3.09. The van der Waals surface area contributed by atoms with E-state index in [0.29, 0.717) is 5.82 Å². The van der Waals surface area contributed by atoms with Crippen LogP contribution in [0.5, 0.6) is 0 Å². The van der Waals surface area contributed by atoms with E-state index < -0.39 is 0 Å². The number of hydrogen-bond acceptors (Lipinski definition) is 5. The van der Waals surface area contributed by atoms with Crippen molar-refractivity contribution in [3.63, 3.8) is 0 Å². The molecular weight excluding hydrogens is 238 g/mol. The van der Waals surface area contributed by atoms with Gasteiger partial charge < -0.3 is 11.5 Å². The van der Waals surface area contributed by atoms with Gasteiger partial charge in [-0.1, -0.05) is 43.2 Å². The summed E-state index contributed by atoms with van der Waals surface area (Å²) < 4.78 is 0. The van der Waals surface area contributed by atoms with E-state index in [-0.39, 0.29) is 11.4 Å². The van der Waals surface area contributed by atoms with E-state index in [0.717, 1.165) is 18.5 Å². The van der Waals surface area contributed by atoms with Gasteiger partial charge in [0.05, 0.1) is 0 Å². The first-order valence-corrected chi connectivity index (χ1v) is 6.54. The van der Waals surface area contributed by atoms with Crippen LogP contribution >= 0.6 is 0 Å². The fourth-order valence-electron chi connectivity index (χ4n) is 3.09. The van der Waals surface area contributed by atoms with E-state index in [9.17, 15) is 0 Å². The number of nitrogen functional groups attached to an aromatic ring is 2. The summed E-state index contributed by atoms with van der Waals surface area (Å²) in [6.45, 7) is 0. The lowest BCUT2D eigenvalue weighted by Gasteiger charge is -2.29. The minimum absolute atomic E-state index is 0.127. The SMILES string of the molecule is Nc1nnc(C2(c3ccccc3)CCCC2)c(N)n1. The van der Waals surface area contributed by atoms with Crippen LogP contribution in [0.15, 0.2) is 30.3 Å². The summed E-state index contributed by atoms with van der Waals surface area (Å²) in [5.41, 5.74) is 13.4. The molecule has 0 aliphatic heterocycles. The molecule has 0 saturated heterocycles. The van der Waals surface area contributed by atoms with E-state index in [2.05, 4.69) is 27.3 Å². The van der Waals surface area contributed by atoms with Gasteiger partial charge >= 0.3 is 0 Å². The molecule has 1 aliphatic rings. The molecular formula is C14H17N5. The molecule has 1 aliphatic carbocycles. The smallest absolute Gasteiger partial charge is 0.242 e. The molecule has 1 saturated carbocycles. The van der Waals surface area contributed by atoms with Gasteiger partial charge in [-0.2, -0.15) is 4.98 Å². The molecule has 0 spiro atoms. The van der Waals surface area contributed by atoms with Crippen molar-refractivity contribution in [3.05, 3.63) is 41.6 Å². The average molecular weight is 255 g/mol. The Kier molecular flexibility index (Phi) is 2.81. The number of anilines is 2. The minimum atomic E-state index is -0.154. The highest BCUT2D eigenvalue weighted by molar-refractivity contribution is 5.48. The average Bonchev–Trinajstić information content (AvgIpc) is 2.90. The quantitative estimate of drug-likeness (QED) is 0.855. The van der Waals surface area contributed by atoms with Gasteiger partial charge in [0, 0.05) is 5.41 Å². The Bertz CT molecular complexity index is 576. The second-order valence-electron chi connectivity index (χ2n) is 5.06. The molecule has 0 unspecified atom stereocenters. The van der Waals surface area contributed by atoms with Crippen molar-refractivity contribution in [2.75, 3.05) is 11.5 Å². The molecule has 0 bridgehead atoms. The van der Waals surface area contributed by atoms with Crippen LogP contribution in [0, 0.1) is 0 Å². The predicted molar refractivity (Wildman–Crippen MR) is 74.3 cm³/mol. The molecule has 98 valence electrons. The summed E-state index contributed by atoms with van der Waals surface area (Å²) in [7, 11) is 0. The van der Waals surface area contributed by atoms with Crippen LogP contribution in [0.2, 0.25) is 0 Å². The summed E-state index contributed by atoms with van der Waals surface area (Å²) in [5.74, 6) is 0.528. The van der Waals surface area contributed by atoms with Gasteiger partial charge in [0.2, 0.25) is 5.95 Å². The summed E-state index contributed by atoms with van der Waals surface area (Å²) in [4.78, 5) is 4.07. The Morgan fingerprint density at radius 1 is 0.947 bits per heavy atom. The third-order valence-corrected chi connectivity index (χ3v) is 3.97. The molecule has 0 atom stereocenters. The van der Waals surface area contributed by atoms with Gasteiger partial charge in [0.1, 0.15) is 5.69 Å². The number of nitrogens with two attached hydrogens (primary N) is 2. The lowest BCUT2D eigenvalue weighted by atomic mass is 9.76. The third kappa shape index (κ3) is 1.91. The summed E-state index contributed by atoms with van der Waals surface area (Å²) >= 11 is 0. The van der Waals surface area contributed by atoms with Crippen LogP contribution in [0.3, 0.4) is 0 Å². The van der Waals surface area contributed by atoms with Crippen LogP contribution in [-0.4, -0.2) is 15.2 Å². The first kappa shape index (κ1) is 11.9. The standard InChI is InChI=1S/C14H17N5/c15-12-11(18-19-13(16)17-12)14(8-4-5-9-14)10-6-2-1-3-7-10/h1-3,6-7H,4-5,8-9H2,(H4,15,16,17,19). The van der Waals surface area contributed by atoms with Crippen LogP contribution < -0.4 is 11.5 Å². The summed E-state index contributed by atoms with van der Waals surface area (Å²) in [6, 6.07) is 10.4.